The molecule has 0 bridgehead atoms. The fraction of sp³-hybridized carbons (Fsp3) is 0.875. The molecule has 0 aromatic rings. The van der Waals surface area contributed by atoms with Gasteiger partial charge in [0.25, 0.3) is 0 Å². The number of nitrogens with one attached hydrogen (secondary N) is 1. The van der Waals surface area contributed by atoms with Crippen LogP contribution in [0.5, 0.6) is 0 Å². The smallest absolute Gasteiger partial charge is 0.312 e. The Hall–Kier alpha value is -0.730. The molecule has 3 N–H and O–H groups in total. The van der Waals surface area contributed by atoms with Gasteiger partial charge in [-0.05, 0) is 18.8 Å². The van der Waals surface area contributed by atoms with Crippen molar-refractivity contribution in [1.29, 1.82) is 0 Å². The van der Waals surface area contributed by atoms with Gasteiger partial charge in [-0.25, -0.2) is 4.79 Å². The van der Waals surface area contributed by atoms with E-state index in [0.717, 1.165) is 6.42 Å². The zero-order valence-electron chi connectivity index (χ0n) is 6.97. The van der Waals surface area contributed by atoms with E-state index >= 15 is 0 Å². The average Bonchev–Trinajstić information content (AvgIpc) is 1.93. The lowest BCUT2D eigenvalue weighted by Gasteiger charge is -2.28. The first kappa shape index (κ1) is 8.37. The highest BCUT2D eigenvalue weighted by Gasteiger charge is 2.21. The molecule has 0 heterocycles. The Morgan fingerprint density at radius 3 is 2.64 bits per heavy atom. The summed E-state index contributed by atoms with van der Waals surface area (Å²) in [6, 6.07) is -0.0648. The number of carbonyl (C=O) groups is 1. The highest BCUT2D eigenvalue weighted by Crippen LogP contribution is 2.23. The van der Waals surface area contributed by atoms with Crippen LogP contribution in [0.4, 0.5) is 4.79 Å². The van der Waals surface area contributed by atoms with Gasteiger partial charge in [0.05, 0.1) is 0 Å². The minimum absolute atomic E-state index is 0.321. The summed E-state index contributed by atoms with van der Waals surface area (Å²) >= 11 is 0. The van der Waals surface area contributed by atoms with E-state index in [1.54, 1.807) is 0 Å². The highest BCUT2D eigenvalue weighted by atomic mass is 16.2. The van der Waals surface area contributed by atoms with E-state index in [4.69, 9.17) is 5.73 Å². The van der Waals surface area contributed by atoms with Crippen molar-refractivity contribution in [2.24, 2.45) is 11.7 Å². The van der Waals surface area contributed by atoms with Crippen molar-refractivity contribution < 1.29 is 4.79 Å². The number of primary amides is 1. The lowest BCUT2D eigenvalue weighted by molar-refractivity contribution is 0.229. The van der Waals surface area contributed by atoms with Crippen LogP contribution in [0.15, 0.2) is 0 Å². The maximum absolute atomic E-state index is 10.5. The molecule has 0 spiro atoms. The van der Waals surface area contributed by atoms with E-state index in [0.29, 0.717) is 12.0 Å². The van der Waals surface area contributed by atoms with Crippen LogP contribution in [0.2, 0.25) is 0 Å². The number of hydrogen-bond acceptors (Lipinski definition) is 1. The van der Waals surface area contributed by atoms with Crippen LogP contribution in [0.25, 0.3) is 0 Å². The molecule has 0 aromatic heterocycles. The van der Waals surface area contributed by atoms with Crippen LogP contribution in [0.1, 0.15) is 32.6 Å². The predicted octanol–water partition coefficient (Wildman–Crippen LogP) is 1.23. The number of carbonyl (C=O) groups excluding carboxylic acids is 1. The SMILES string of the molecule is C[C@H]1CCCC[C@@H]1NC(N)=O. The maximum atomic E-state index is 10.5. The van der Waals surface area contributed by atoms with Crippen molar-refractivity contribution in [2.45, 2.75) is 38.6 Å². The third-order valence-electron chi connectivity index (χ3n) is 2.44. The lowest BCUT2D eigenvalue weighted by atomic mass is 9.86. The molecule has 1 aliphatic rings. The second-order valence-corrected chi connectivity index (χ2v) is 3.38. The number of amides is 2. The standard InChI is InChI=1S/C8H16N2O/c1-6-4-2-3-5-7(6)10-8(9)11/h6-7H,2-5H2,1H3,(H3,9,10,11)/t6-,7-/m0/s1. The van der Waals surface area contributed by atoms with Gasteiger partial charge in [0.2, 0.25) is 0 Å². The molecular formula is C8H16N2O. The maximum Gasteiger partial charge on any atom is 0.312 e. The summed E-state index contributed by atoms with van der Waals surface area (Å²) in [5, 5.41) is 2.77. The number of hydrogen-bond donors (Lipinski definition) is 2. The van der Waals surface area contributed by atoms with Gasteiger partial charge in [-0.3, -0.25) is 0 Å². The van der Waals surface area contributed by atoms with Gasteiger partial charge in [0.1, 0.15) is 0 Å². The second-order valence-electron chi connectivity index (χ2n) is 3.38. The van der Waals surface area contributed by atoms with E-state index in [9.17, 15) is 4.79 Å². The van der Waals surface area contributed by atoms with Crippen molar-refractivity contribution in [2.75, 3.05) is 0 Å². The molecule has 0 unspecified atom stereocenters. The molecule has 2 amide bonds. The molecule has 0 aromatic carbocycles. The first-order valence-electron chi connectivity index (χ1n) is 4.26. The Morgan fingerprint density at radius 2 is 2.09 bits per heavy atom. The Balaban J connectivity index is 2.35. The summed E-state index contributed by atoms with van der Waals surface area (Å²) in [6.45, 7) is 2.17. The van der Waals surface area contributed by atoms with E-state index < -0.39 is 0 Å². The van der Waals surface area contributed by atoms with Crippen LogP contribution >= 0.6 is 0 Å². The molecule has 0 saturated heterocycles. The zero-order chi connectivity index (χ0) is 8.27. The van der Waals surface area contributed by atoms with Crippen molar-refractivity contribution in [3.8, 4) is 0 Å². The van der Waals surface area contributed by atoms with Gasteiger partial charge in [-0.2, -0.15) is 0 Å². The summed E-state index contributed by atoms with van der Waals surface area (Å²) in [7, 11) is 0. The van der Waals surface area contributed by atoms with Gasteiger partial charge >= 0.3 is 6.03 Å². The Labute approximate surface area is 67.3 Å². The molecule has 1 saturated carbocycles. The minimum atomic E-state index is -0.385. The highest BCUT2D eigenvalue weighted by molar-refractivity contribution is 5.71. The summed E-state index contributed by atoms with van der Waals surface area (Å²) in [5.74, 6) is 0.594. The van der Waals surface area contributed by atoms with E-state index in [1.165, 1.54) is 19.3 Å². The van der Waals surface area contributed by atoms with Crippen molar-refractivity contribution in [3.05, 3.63) is 0 Å². The van der Waals surface area contributed by atoms with Gasteiger partial charge < -0.3 is 11.1 Å². The van der Waals surface area contributed by atoms with E-state index in [-0.39, 0.29) is 6.03 Å². The summed E-state index contributed by atoms with van der Waals surface area (Å²) in [5.41, 5.74) is 5.04. The zero-order valence-corrected chi connectivity index (χ0v) is 6.97. The largest absolute Gasteiger partial charge is 0.352 e. The Kier molecular flexibility index (Phi) is 2.74. The topological polar surface area (TPSA) is 55.1 Å². The quantitative estimate of drug-likeness (QED) is 0.589. The minimum Gasteiger partial charge on any atom is -0.352 e. The van der Waals surface area contributed by atoms with Gasteiger partial charge in [0, 0.05) is 6.04 Å². The fourth-order valence-corrected chi connectivity index (χ4v) is 1.71. The molecule has 1 rings (SSSR count). The fourth-order valence-electron chi connectivity index (χ4n) is 1.71. The Bertz CT molecular complexity index is 147. The molecule has 64 valence electrons. The normalized spacial score (nSPS) is 31.4. The first-order valence-corrected chi connectivity index (χ1v) is 4.26. The van der Waals surface area contributed by atoms with Crippen LogP contribution in [-0.2, 0) is 0 Å². The van der Waals surface area contributed by atoms with Crippen LogP contribution in [0, 0.1) is 5.92 Å². The summed E-state index contributed by atoms with van der Waals surface area (Å²) < 4.78 is 0. The monoisotopic (exact) mass is 156 g/mol. The van der Waals surface area contributed by atoms with Crippen LogP contribution in [0.3, 0.4) is 0 Å². The molecule has 3 heteroatoms. The van der Waals surface area contributed by atoms with Crippen molar-refractivity contribution in [3.63, 3.8) is 0 Å². The third kappa shape index (κ3) is 2.41. The van der Waals surface area contributed by atoms with Gasteiger partial charge in [-0.15, -0.1) is 0 Å². The molecule has 0 aliphatic heterocycles. The van der Waals surface area contributed by atoms with Crippen LogP contribution in [-0.4, -0.2) is 12.1 Å². The number of urea groups is 1. The molecule has 11 heavy (non-hydrogen) atoms. The van der Waals surface area contributed by atoms with Gasteiger partial charge in [-0.1, -0.05) is 19.8 Å². The lowest BCUT2D eigenvalue weighted by Crippen LogP contribution is -2.43. The van der Waals surface area contributed by atoms with E-state index in [2.05, 4.69) is 12.2 Å². The second kappa shape index (κ2) is 3.60. The van der Waals surface area contributed by atoms with Gasteiger partial charge in [0.15, 0.2) is 0 Å². The molecular weight excluding hydrogens is 140 g/mol. The summed E-state index contributed by atoms with van der Waals surface area (Å²) in [4.78, 5) is 10.5. The molecule has 2 atom stereocenters. The van der Waals surface area contributed by atoms with Crippen LogP contribution < -0.4 is 11.1 Å². The molecule has 0 radical (unpaired) electrons. The number of rotatable bonds is 1. The molecule has 1 aliphatic carbocycles. The Morgan fingerprint density at radius 1 is 1.45 bits per heavy atom. The third-order valence-corrected chi connectivity index (χ3v) is 2.44. The molecule has 3 nitrogen and oxygen atoms in total. The average molecular weight is 156 g/mol. The predicted molar refractivity (Wildman–Crippen MR) is 44.1 cm³/mol. The molecule has 1 fully saturated rings. The number of nitrogens with two attached hydrogens (primary N) is 1. The first-order chi connectivity index (χ1) is 5.20. The van der Waals surface area contributed by atoms with Crippen molar-refractivity contribution in [1.82, 2.24) is 5.32 Å². The van der Waals surface area contributed by atoms with Crippen molar-refractivity contribution >= 4 is 6.03 Å². The summed E-state index contributed by atoms with van der Waals surface area (Å²) in [6.07, 6.45) is 4.81. The van der Waals surface area contributed by atoms with E-state index in [1.807, 2.05) is 0 Å².